The molecule has 1 aliphatic carbocycles. The van der Waals surface area contributed by atoms with Crippen LogP contribution in [0.3, 0.4) is 0 Å². The number of morpholine rings is 1. The molecule has 0 bridgehead atoms. The van der Waals surface area contributed by atoms with Crippen LogP contribution in [0.4, 0.5) is 10.5 Å². The summed E-state index contributed by atoms with van der Waals surface area (Å²) in [6.45, 7) is 0.723. The number of carboxylic acids is 1. The van der Waals surface area contributed by atoms with Gasteiger partial charge in [-0.25, -0.2) is 9.59 Å². The van der Waals surface area contributed by atoms with Crippen molar-refractivity contribution in [3.8, 4) is 0 Å². The lowest BCUT2D eigenvalue weighted by Gasteiger charge is -2.30. The Bertz CT molecular complexity index is 573. The lowest BCUT2D eigenvalue weighted by atomic mass is 10.1. The molecule has 0 radical (unpaired) electrons. The summed E-state index contributed by atoms with van der Waals surface area (Å²) in [6.07, 6.45) is 2.38. The van der Waals surface area contributed by atoms with Crippen molar-refractivity contribution in [2.24, 2.45) is 0 Å². The molecule has 6 nitrogen and oxygen atoms in total. The SMILES string of the molecule is O=C(O)C1CN(C(=O)Nc2ccc3c(c2)CCC3)CCO1. The molecule has 0 aromatic heterocycles. The third kappa shape index (κ3) is 3.00. The maximum Gasteiger partial charge on any atom is 0.334 e. The molecule has 1 saturated heterocycles. The number of anilines is 1. The Morgan fingerprint density at radius 2 is 2.10 bits per heavy atom. The van der Waals surface area contributed by atoms with E-state index in [-0.39, 0.29) is 19.2 Å². The van der Waals surface area contributed by atoms with Crippen LogP contribution >= 0.6 is 0 Å². The first-order valence-electron chi connectivity index (χ1n) is 7.15. The highest BCUT2D eigenvalue weighted by atomic mass is 16.5. The van der Waals surface area contributed by atoms with Crippen LogP contribution in [0, 0.1) is 0 Å². The summed E-state index contributed by atoms with van der Waals surface area (Å²) in [6, 6.07) is 5.69. The number of hydrogen-bond donors (Lipinski definition) is 2. The fraction of sp³-hybridized carbons (Fsp3) is 0.467. The number of urea groups is 1. The van der Waals surface area contributed by atoms with Crippen LogP contribution in [0.25, 0.3) is 0 Å². The number of carboxylic acid groups (broad SMARTS) is 1. The van der Waals surface area contributed by atoms with Gasteiger partial charge in [-0.1, -0.05) is 6.07 Å². The minimum atomic E-state index is -1.04. The molecule has 112 valence electrons. The Morgan fingerprint density at radius 1 is 1.29 bits per heavy atom. The van der Waals surface area contributed by atoms with Crippen LogP contribution in [0.2, 0.25) is 0 Å². The van der Waals surface area contributed by atoms with E-state index in [1.807, 2.05) is 12.1 Å². The van der Waals surface area contributed by atoms with Crippen LogP contribution in [0.1, 0.15) is 17.5 Å². The smallest absolute Gasteiger partial charge is 0.334 e. The number of nitrogens with zero attached hydrogens (tertiary/aromatic N) is 1. The van der Waals surface area contributed by atoms with Crippen molar-refractivity contribution >= 4 is 17.7 Å². The number of carbonyl (C=O) groups excluding carboxylic acids is 1. The van der Waals surface area contributed by atoms with Gasteiger partial charge in [-0.2, -0.15) is 0 Å². The van der Waals surface area contributed by atoms with E-state index >= 15 is 0 Å². The van der Waals surface area contributed by atoms with E-state index in [1.165, 1.54) is 16.0 Å². The maximum absolute atomic E-state index is 12.2. The number of carbonyl (C=O) groups is 2. The molecule has 1 heterocycles. The molecule has 1 aliphatic heterocycles. The lowest BCUT2D eigenvalue weighted by molar-refractivity contribution is -0.154. The fourth-order valence-electron chi connectivity index (χ4n) is 2.84. The molecule has 1 aromatic rings. The van der Waals surface area contributed by atoms with Crippen molar-refractivity contribution in [3.05, 3.63) is 29.3 Å². The molecule has 2 amide bonds. The Kier molecular flexibility index (Phi) is 3.79. The summed E-state index contributed by atoms with van der Waals surface area (Å²) in [5.74, 6) is -1.04. The highest BCUT2D eigenvalue weighted by molar-refractivity contribution is 5.90. The number of benzene rings is 1. The molecule has 2 aliphatic rings. The van der Waals surface area contributed by atoms with Crippen molar-refractivity contribution < 1.29 is 19.4 Å². The van der Waals surface area contributed by atoms with E-state index < -0.39 is 12.1 Å². The molecule has 0 spiro atoms. The summed E-state index contributed by atoms with van der Waals surface area (Å²) in [5.41, 5.74) is 3.41. The van der Waals surface area contributed by atoms with Crippen molar-refractivity contribution in [2.75, 3.05) is 25.0 Å². The fourth-order valence-corrected chi connectivity index (χ4v) is 2.84. The third-order valence-corrected chi connectivity index (χ3v) is 3.98. The second-order valence-corrected chi connectivity index (χ2v) is 5.41. The number of rotatable bonds is 2. The van der Waals surface area contributed by atoms with Crippen LogP contribution in [0.5, 0.6) is 0 Å². The van der Waals surface area contributed by atoms with Crippen LogP contribution in [0.15, 0.2) is 18.2 Å². The molecule has 21 heavy (non-hydrogen) atoms. The average molecular weight is 290 g/mol. The Morgan fingerprint density at radius 3 is 2.90 bits per heavy atom. The number of nitrogens with one attached hydrogen (secondary N) is 1. The van der Waals surface area contributed by atoms with Gasteiger partial charge in [0.05, 0.1) is 13.2 Å². The molecule has 6 heteroatoms. The maximum atomic E-state index is 12.2. The zero-order chi connectivity index (χ0) is 14.8. The van der Waals surface area contributed by atoms with Crippen LogP contribution in [-0.2, 0) is 22.4 Å². The second-order valence-electron chi connectivity index (χ2n) is 5.41. The monoisotopic (exact) mass is 290 g/mol. The Balaban J connectivity index is 1.64. The number of ether oxygens (including phenoxy) is 1. The van der Waals surface area contributed by atoms with Crippen molar-refractivity contribution in [1.82, 2.24) is 4.90 Å². The van der Waals surface area contributed by atoms with Gasteiger partial charge in [-0.15, -0.1) is 0 Å². The highest BCUT2D eigenvalue weighted by Gasteiger charge is 2.29. The van der Waals surface area contributed by atoms with Crippen molar-refractivity contribution in [1.29, 1.82) is 0 Å². The van der Waals surface area contributed by atoms with Gasteiger partial charge in [0.2, 0.25) is 0 Å². The zero-order valence-electron chi connectivity index (χ0n) is 11.7. The molecule has 3 rings (SSSR count). The van der Waals surface area contributed by atoms with Gasteiger partial charge < -0.3 is 20.1 Å². The van der Waals surface area contributed by atoms with Crippen molar-refractivity contribution in [2.45, 2.75) is 25.4 Å². The standard InChI is InChI=1S/C15H18N2O4/c18-14(19)13-9-17(6-7-21-13)15(20)16-12-5-4-10-2-1-3-11(10)8-12/h4-5,8,13H,1-3,6-7,9H2,(H,16,20)(H,18,19). The summed E-state index contributed by atoms with van der Waals surface area (Å²) in [4.78, 5) is 24.6. The number of amides is 2. The third-order valence-electron chi connectivity index (χ3n) is 3.98. The largest absolute Gasteiger partial charge is 0.479 e. The van der Waals surface area contributed by atoms with E-state index in [0.717, 1.165) is 24.9 Å². The number of hydrogen-bond acceptors (Lipinski definition) is 3. The minimum absolute atomic E-state index is 0.0755. The molecular weight excluding hydrogens is 272 g/mol. The summed E-state index contributed by atoms with van der Waals surface area (Å²) in [5, 5.41) is 11.8. The molecule has 1 aromatic carbocycles. The predicted molar refractivity (Wildman–Crippen MR) is 76.4 cm³/mol. The summed E-state index contributed by atoms with van der Waals surface area (Å²) in [7, 11) is 0. The Hall–Kier alpha value is -2.08. The number of fused-ring (bicyclic) bond motifs is 1. The molecule has 1 atom stereocenters. The van der Waals surface area contributed by atoms with E-state index in [9.17, 15) is 9.59 Å². The first-order valence-corrected chi connectivity index (χ1v) is 7.15. The number of aliphatic carboxylic acids is 1. The van der Waals surface area contributed by atoms with Gasteiger partial charge in [0.15, 0.2) is 6.10 Å². The first-order chi connectivity index (χ1) is 10.1. The van der Waals surface area contributed by atoms with Crippen molar-refractivity contribution in [3.63, 3.8) is 0 Å². The first kappa shape index (κ1) is 13.9. The van der Waals surface area contributed by atoms with Gasteiger partial charge in [0.1, 0.15) is 0 Å². The van der Waals surface area contributed by atoms with Gasteiger partial charge in [0.25, 0.3) is 0 Å². The minimum Gasteiger partial charge on any atom is -0.479 e. The molecule has 2 N–H and O–H groups in total. The van der Waals surface area contributed by atoms with E-state index in [1.54, 1.807) is 0 Å². The topological polar surface area (TPSA) is 78.9 Å². The lowest BCUT2D eigenvalue weighted by Crippen LogP contribution is -2.49. The average Bonchev–Trinajstić information content (AvgIpc) is 2.95. The van der Waals surface area contributed by atoms with Gasteiger partial charge in [-0.3, -0.25) is 0 Å². The molecule has 1 unspecified atom stereocenters. The van der Waals surface area contributed by atoms with E-state index in [0.29, 0.717) is 6.54 Å². The van der Waals surface area contributed by atoms with Gasteiger partial charge in [0, 0.05) is 12.2 Å². The Labute approximate surface area is 122 Å². The van der Waals surface area contributed by atoms with Crippen LogP contribution < -0.4 is 5.32 Å². The summed E-state index contributed by atoms with van der Waals surface area (Å²) < 4.78 is 5.11. The molecule has 0 saturated carbocycles. The highest BCUT2D eigenvalue weighted by Crippen LogP contribution is 2.25. The van der Waals surface area contributed by atoms with Gasteiger partial charge in [-0.05, 0) is 42.5 Å². The normalized spacial score (nSPS) is 21.0. The van der Waals surface area contributed by atoms with Crippen LogP contribution in [-0.4, -0.2) is 47.8 Å². The zero-order valence-corrected chi connectivity index (χ0v) is 11.7. The molecular formula is C15H18N2O4. The van der Waals surface area contributed by atoms with Gasteiger partial charge >= 0.3 is 12.0 Å². The summed E-state index contributed by atoms with van der Waals surface area (Å²) >= 11 is 0. The predicted octanol–water partition coefficient (Wildman–Crippen LogP) is 1.49. The number of aryl methyl sites for hydroxylation is 2. The second kappa shape index (κ2) is 5.73. The molecule has 1 fully saturated rings. The van der Waals surface area contributed by atoms with E-state index in [4.69, 9.17) is 9.84 Å². The quantitative estimate of drug-likeness (QED) is 0.865. The van der Waals surface area contributed by atoms with E-state index in [2.05, 4.69) is 11.4 Å².